The molecule has 0 unspecified atom stereocenters. The van der Waals surface area contributed by atoms with Gasteiger partial charge in [0.1, 0.15) is 24.6 Å². The molecule has 0 aliphatic carbocycles. The van der Waals surface area contributed by atoms with Gasteiger partial charge in [-0.15, -0.1) is 5.10 Å². The fraction of sp³-hybridized carbons (Fsp3) is 0.385. The lowest BCUT2D eigenvalue weighted by atomic mass is 9.94. The molecule has 3 aromatic rings. The molecule has 2 heterocycles. The van der Waals surface area contributed by atoms with Gasteiger partial charge in [0.25, 0.3) is 0 Å². The van der Waals surface area contributed by atoms with Crippen LogP contribution >= 0.6 is 0 Å². The summed E-state index contributed by atoms with van der Waals surface area (Å²) in [5.41, 5.74) is 0.337. The molecule has 1 aromatic heterocycles. The van der Waals surface area contributed by atoms with E-state index in [1.165, 1.54) is 6.07 Å². The lowest BCUT2D eigenvalue weighted by Gasteiger charge is -2.27. The molecule has 1 fully saturated rings. The van der Waals surface area contributed by atoms with Crippen LogP contribution in [0.25, 0.3) is 0 Å². The standard InChI is InChI=1S/C26H26F5N5O2/c1-15(2)19-9-8-17(10-20(19)28)24(16-6-4-3-5-7-16)33-25(38)21-11-18(27)13-35(21)23(37)14-36-22(12-32-34-36)26(29,30)31/h3-10,12,15,18,21,24H,11,13-14H2,1-2H3,(H,33,38)/t18-,21+,24+/m1/s1. The number of hydrogen-bond donors (Lipinski definition) is 1. The Bertz CT molecular complexity index is 1290. The monoisotopic (exact) mass is 535 g/mol. The minimum atomic E-state index is -4.79. The molecule has 202 valence electrons. The summed E-state index contributed by atoms with van der Waals surface area (Å²) >= 11 is 0. The summed E-state index contributed by atoms with van der Waals surface area (Å²) in [6.45, 7) is 2.38. The van der Waals surface area contributed by atoms with Crippen LogP contribution in [0.4, 0.5) is 22.0 Å². The van der Waals surface area contributed by atoms with E-state index in [1.807, 2.05) is 13.8 Å². The van der Waals surface area contributed by atoms with Gasteiger partial charge >= 0.3 is 6.18 Å². The van der Waals surface area contributed by atoms with Gasteiger partial charge in [-0.25, -0.2) is 13.5 Å². The number of nitrogens with one attached hydrogen (secondary N) is 1. The molecule has 12 heteroatoms. The summed E-state index contributed by atoms with van der Waals surface area (Å²) < 4.78 is 69.1. The summed E-state index contributed by atoms with van der Waals surface area (Å²) in [6, 6.07) is 11.3. The SMILES string of the molecule is CC(C)c1ccc([C@@H](NC(=O)[C@@H]2C[C@@H](F)CN2C(=O)Cn2nncc2C(F)(F)F)c2ccccc2)cc1F. The number of amides is 2. The first kappa shape index (κ1) is 27.2. The Kier molecular flexibility index (Phi) is 7.79. The number of rotatable bonds is 7. The molecule has 0 spiro atoms. The molecule has 2 aromatic carbocycles. The van der Waals surface area contributed by atoms with Gasteiger partial charge < -0.3 is 10.2 Å². The molecule has 1 N–H and O–H groups in total. The van der Waals surface area contributed by atoms with E-state index in [4.69, 9.17) is 0 Å². The molecule has 38 heavy (non-hydrogen) atoms. The highest BCUT2D eigenvalue weighted by atomic mass is 19.4. The van der Waals surface area contributed by atoms with E-state index in [-0.39, 0.29) is 12.3 Å². The number of benzene rings is 2. The molecule has 0 bridgehead atoms. The molecule has 2 amide bonds. The van der Waals surface area contributed by atoms with E-state index >= 15 is 0 Å². The van der Waals surface area contributed by atoms with Crippen LogP contribution in [0, 0.1) is 5.82 Å². The fourth-order valence-electron chi connectivity index (χ4n) is 4.56. The van der Waals surface area contributed by atoms with E-state index in [2.05, 4.69) is 15.6 Å². The van der Waals surface area contributed by atoms with Gasteiger partial charge in [0, 0.05) is 6.42 Å². The molecule has 0 radical (unpaired) electrons. The summed E-state index contributed by atoms with van der Waals surface area (Å²) in [5.74, 6) is -2.13. The first-order valence-electron chi connectivity index (χ1n) is 12.0. The summed E-state index contributed by atoms with van der Waals surface area (Å²) in [4.78, 5) is 27.2. The van der Waals surface area contributed by atoms with E-state index in [1.54, 1.807) is 42.5 Å². The summed E-state index contributed by atoms with van der Waals surface area (Å²) in [6.07, 6.45) is -6.20. The van der Waals surface area contributed by atoms with Crippen molar-refractivity contribution in [2.24, 2.45) is 0 Å². The number of carbonyl (C=O) groups is 2. The van der Waals surface area contributed by atoms with Crippen molar-refractivity contribution < 1.29 is 31.5 Å². The van der Waals surface area contributed by atoms with Gasteiger partial charge in [0.15, 0.2) is 5.69 Å². The minimum Gasteiger partial charge on any atom is -0.343 e. The van der Waals surface area contributed by atoms with Crippen LogP contribution in [-0.2, 0) is 22.3 Å². The zero-order valence-electron chi connectivity index (χ0n) is 20.6. The first-order chi connectivity index (χ1) is 18.0. The lowest BCUT2D eigenvalue weighted by Crippen LogP contribution is -2.48. The topological polar surface area (TPSA) is 80.1 Å². The van der Waals surface area contributed by atoms with Gasteiger partial charge in [0.2, 0.25) is 11.8 Å². The number of carbonyl (C=O) groups excluding carboxylic acids is 2. The first-order valence-corrected chi connectivity index (χ1v) is 12.0. The van der Waals surface area contributed by atoms with Crippen LogP contribution in [0.1, 0.15) is 54.6 Å². The van der Waals surface area contributed by atoms with Crippen molar-refractivity contribution >= 4 is 11.8 Å². The predicted molar refractivity (Wildman–Crippen MR) is 127 cm³/mol. The third-order valence-corrected chi connectivity index (χ3v) is 6.47. The second-order valence-corrected chi connectivity index (χ2v) is 9.46. The second kappa shape index (κ2) is 10.9. The Balaban J connectivity index is 1.58. The van der Waals surface area contributed by atoms with Gasteiger partial charge in [0.05, 0.1) is 18.8 Å². The second-order valence-electron chi connectivity index (χ2n) is 9.46. The van der Waals surface area contributed by atoms with Crippen molar-refractivity contribution in [2.45, 2.75) is 57.2 Å². The smallest absolute Gasteiger partial charge is 0.343 e. The van der Waals surface area contributed by atoms with E-state index in [0.717, 1.165) is 4.90 Å². The van der Waals surface area contributed by atoms with Gasteiger partial charge in [-0.2, -0.15) is 13.2 Å². The fourth-order valence-corrected chi connectivity index (χ4v) is 4.56. The summed E-state index contributed by atoms with van der Waals surface area (Å²) in [7, 11) is 0. The van der Waals surface area contributed by atoms with Crippen LogP contribution in [0.5, 0.6) is 0 Å². The summed E-state index contributed by atoms with van der Waals surface area (Å²) in [5, 5.41) is 9.30. The Morgan fingerprint density at radius 1 is 1.11 bits per heavy atom. The van der Waals surface area contributed by atoms with Crippen molar-refractivity contribution in [3.05, 3.63) is 82.9 Å². The maximum atomic E-state index is 14.8. The van der Waals surface area contributed by atoms with Crippen LogP contribution in [-0.4, -0.2) is 50.5 Å². The Morgan fingerprint density at radius 3 is 2.45 bits per heavy atom. The minimum absolute atomic E-state index is 0.0591. The van der Waals surface area contributed by atoms with Crippen molar-refractivity contribution in [1.82, 2.24) is 25.2 Å². The molecule has 7 nitrogen and oxygen atoms in total. The van der Waals surface area contributed by atoms with E-state index in [9.17, 15) is 31.5 Å². The number of halogens is 5. The molecular formula is C26H26F5N5O2. The number of nitrogens with zero attached hydrogens (tertiary/aromatic N) is 4. The lowest BCUT2D eigenvalue weighted by molar-refractivity contribution is -0.147. The molecule has 3 atom stereocenters. The molecular weight excluding hydrogens is 509 g/mol. The number of likely N-dealkylation sites (tertiary alicyclic amines) is 1. The van der Waals surface area contributed by atoms with Crippen molar-refractivity contribution in [3.8, 4) is 0 Å². The Labute approximate surface area is 215 Å². The molecule has 4 rings (SSSR count). The molecule has 1 aliphatic rings. The van der Waals surface area contributed by atoms with Crippen molar-refractivity contribution in [3.63, 3.8) is 0 Å². The predicted octanol–water partition coefficient (Wildman–Crippen LogP) is 4.40. The van der Waals surface area contributed by atoms with Crippen LogP contribution in [0.3, 0.4) is 0 Å². The normalized spacial score (nSPS) is 18.6. The third-order valence-electron chi connectivity index (χ3n) is 6.47. The largest absolute Gasteiger partial charge is 0.434 e. The average Bonchev–Trinajstić information content (AvgIpc) is 3.49. The maximum absolute atomic E-state index is 14.8. The van der Waals surface area contributed by atoms with Crippen molar-refractivity contribution in [2.75, 3.05) is 6.54 Å². The molecule has 1 aliphatic heterocycles. The highest BCUT2D eigenvalue weighted by molar-refractivity contribution is 5.89. The maximum Gasteiger partial charge on any atom is 0.434 e. The van der Waals surface area contributed by atoms with Crippen LogP contribution in [0.15, 0.2) is 54.7 Å². The highest BCUT2D eigenvalue weighted by Crippen LogP contribution is 2.30. The Morgan fingerprint density at radius 2 is 1.82 bits per heavy atom. The van der Waals surface area contributed by atoms with Crippen LogP contribution < -0.4 is 5.32 Å². The third kappa shape index (κ3) is 5.84. The van der Waals surface area contributed by atoms with Crippen LogP contribution in [0.2, 0.25) is 0 Å². The quantitative estimate of drug-likeness (QED) is 0.455. The number of alkyl halides is 4. The Hall–Kier alpha value is -3.83. The van der Waals surface area contributed by atoms with Gasteiger partial charge in [-0.1, -0.05) is 61.5 Å². The van der Waals surface area contributed by atoms with Gasteiger partial charge in [-0.3, -0.25) is 9.59 Å². The number of hydrogen-bond acceptors (Lipinski definition) is 4. The van der Waals surface area contributed by atoms with Crippen molar-refractivity contribution in [1.29, 1.82) is 0 Å². The van der Waals surface area contributed by atoms with E-state index in [0.29, 0.717) is 27.6 Å². The highest BCUT2D eigenvalue weighted by Gasteiger charge is 2.42. The zero-order valence-corrected chi connectivity index (χ0v) is 20.6. The number of aromatic nitrogens is 3. The zero-order chi connectivity index (χ0) is 27.6. The van der Waals surface area contributed by atoms with E-state index < -0.39 is 60.8 Å². The molecule has 1 saturated heterocycles. The average molecular weight is 536 g/mol. The molecule has 0 saturated carbocycles. The van der Waals surface area contributed by atoms with Gasteiger partial charge in [-0.05, 0) is 28.7 Å².